The normalized spacial score (nSPS) is 19.0. The Labute approximate surface area is 210 Å². The summed E-state index contributed by atoms with van der Waals surface area (Å²) in [6.45, 7) is 6.87. The van der Waals surface area contributed by atoms with E-state index in [1.54, 1.807) is 17.4 Å². The third-order valence-electron chi connectivity index (χ3n) is 6.82. The lowest BCUT2D eigenvalue weighted by atomic mass is 10.0. The van der Waals surface area contributed by atoms with Crippen LogP contribution in [0.15, 0.2) is 53.4 Å². The third kappa shape index (κ3) is 6.20. The van der Waals surface area contributed by atoms with Crippen LogP contribution in [0.4, 0.5) is 10.5 Å². The van der Waals surface area contributed by atoms with Crippen molar-refractivity contribution in [3.05, 3.63) is 69.4 Å². The van der Waals surface area contributed by atoms with E-state index in [0.29, 0.717) is 19.6 Å². The number of benzene rings is 1. The fourth-order valence-corrected chi connectivity index (χ4v) is 5.45. The minimum atomic E-state index is -0.0548. The largest absolute Gasteiger partial charge is 0.379 e. The Bertz CT molecular complexity index is 1110. The van der Waals surface area contributed by atoms with Gasteiger partial charge in [-0.05, 0) is 47.2 Å². The Morgan fingerprint density at radius 1 is 1.14 bits per heavy atom. The van der Waals surface area contributed by atoms with Crippen LogP contribution < -0.4 is 5.32 Å². The lowest BCUT2D eigenvalue weighted by molar-refractivity contribution is -0.125. The van der Waals surface area contributed by atoms with E-state index in [0.717, 1.165) is 69.0 Å². The predicted molar refractivity (Wildman–Crippen MR) is 139 cm³/mol. The van der Waals surface area contributed by atoms with Crippen molar-refractivity contribution in [2.75, 3.05) is 57.8 Å². The zero-order valence-corrected chi connectivity index (χ0v) is 20.8. The number of rotatable bonds is 7. The average molecular weight is 493 g/mol. The molecule has 1 aromatic heterocycles. The number of nitrogens with one attached hydrogen (secondary N) is 1. The number of amides is 3. The van der Waals surface area contributed by atoms with E-state index in [1.165, 1.54) is 10.5 Å². The highest BCUT2D eigenvalue weighted by Crippen LogP contribution is 2.25. The Hall–Kier alpha value is -2.94. The summed E-state index contributed by atoms with van der Waals surface area (Å²) in [5.41, 5.74) is 4.29. The molecule has 1 aromatic carbocycles. The molecule has 184 valence electrons. The molecule has 3 amide bonds. The van der Waals surface area contributed by atoms with Gasteiger partial charge in [-0.15, -0.1) is 11.3 Å². The molecule has 3 aliphatic rings. The average Bonchev–Trinajstić information content (AvgIpc) is 3.40. The number of anilines is 1. The van der Waals surface area contributed by atoms with Crippen molar-refractivity contribution >= 4 is 35.0 Å². The molecule has 2 aromatic rings. The number of carbonyl (C=O) groups excluding carboxylic acids is 2. The first-order valence-electron chi connectivity index (χ1n) is 12.3. The smallest absolute Gasteiger partial charge is 0.322 e. The first-order valence-corrected chi connectivity index (χ1v) is 13.2. The fourth-order valence-electron chi connectivity index (χ4n) is 4.69. The number of nitrogens with zero attached hydrogens (tertiary/aromatic N) is 3. The summed E-state index contributed by atoms with van der Waals surface area (Å²) < 4.78 is 5.40. The van der Waals surface area contributed by atoms with Crippen molar-refractivity contribution < 1.29 is 14.3 Å². The molecule has 0 bridgehead atoms. The number of ether oxygens (including phenoxy) is 1. The summed E-state index contributed by atoms with van der Waals surface area (Å²) in [5.74, 6) is 0.0367. The van der Waals surface area contributed by atoms with Crippen LogP contribution in [-0.2, 0) is 22.5 Å². The van der Waals surface area contributed by atoms with Gasteiger partial charge in [-0.25, -0.2) is 4.79 Å². The van der Waals surface area contributed by atoms with Crippen LogP contribution in [0.25, 0.3) is 6.08 Å². The molecular formula is C27H32N4O3S. The topological polar surface area (TPSA) is 65.1 Å². The molecular weight excluding hydrogens is 460 g/mol. The number of thiophene rings is 1. The highest BCUT2D eigenvalue weighted by molar-refractivity contribution is 7.09. The van der Waals surface area contributed by atoms with Gasteiger partial charge in [0.2, 0.25) is 5.91 Å². The second-order valence-electron chi connectivity index (χ2n) is 9.21. The van der Waals surface area contributed by atoms with Crippen LogP contribution in [0.5, 0.6) is 0 Å². The van der Waals surface area contributed by atoms with Crippen molar-refractivity contribution in [2.24, 2.45) is 0 Å². The lowest BCUT2D eigenvalue weighted by Crippen LogP contribution is -2.45. The molecule has 1 fully saturated rings. The van der Waals surface area contributed by atoms with Crippen LogP contribution in [0.2, 0.25) is 0 Å². The molecule has 7 nitrogen and oxygen atoms in total. The molecule has 3 aliphatic heterocycles. The first kappa shape index (κ1) is 23.8. The molecule has 5 rings (SSSR count). The van der Waals surface area contributed by atoms with Gasteiger partial charge in [0, 0.05) is 68.9 Å². The van der Waals surface area contributed by atoms with Crippen LogP contribution in [0.1, 0.15) is 22.4 Å². The van der Waals surface area contributed by atoms with E-state index in [-0.39, 0.29) is 11.9 Å². The summed E-state index contributed by atoms with van der Waals surface area (Å²) in [5, 5.41) is 5.11. The minimum absolute atomic E-state index is 0.0367. The Balaban J connectivity index is 1.15. The molecule has 0 unspecified atom stereocenters. The highest BCUT2D eigenvalue weighted by Gasteiger charge is 2.23. The lowest BCUT2D eigenvalue weighted by Gasteiger charge is -2.33. The second-order valence-corrected chi connectivity index (χ2v) is 10.2. The molecule has 0 atom stereocenters. The van der Waals surface area contributed by atoms with E-state index in [4.69, 9.17) is 4.74 Å². The van der Waals surface area contributed by atoms with Crippen LogP contribution in [0.3, 0.4) is 0 Å². The maximum Gasteiger partial charge on any atom is 0.322 e. The molecule has 35 heavy (non-hydrogen) atoms. The first-order chi connectivity index (χ1) is 17.1. The zero-order valence-electron chi connectivity index (χ0n) is 19.9. The van der Waals surface area contributed by atoms with Gasteiger partial charge in [-0.1, -0.05) is 23.8 Å². The number of hydrogen-bond acceptors (Lipinski definition) is 5. The van der Waals surface area contributed by atoms with Crippen molar-refractivity contribution in [1.29, 1.82) is 0 Å². The molecule has 4 heterocycles. The molecule has 8 heteroatoms. The molecule has 0 radical (unpaired) electrons. The summed E-state index contributed by atoms with van der Waals surface area (Å²) in [4.78, 5) is 32.7. The standard InChI is InChI=1S/C27H32N4O3S/c32-26(30-9-7-22(8-10-30)19-24-2-1-17-35-24)6-4-21-3-5-25-23(18-21)20-31(27(33)28-25)12-11-29-13-15-34-16-14-29/h1-7,17-18H,8-16,19-20H2,(H,28,33). The van der Waals surface area contributed by atoms with Crippen molar-refractivity contribution in [3.63, 3.8) is 0 Å². The number of hydrogen-bond donors (Lipinski definition) is 1. The molecule has 1 N–H and O–H groups in total. The van der Waals surface area contributed by atoms with Crippen molar-refractivity contribution in [1.82, 2.24) is 14.7 Å². The molecule has 0 aliphatic carbocycles. The third-order valence-corrected chi connectivity index (χ3v) is 7.70. The van der Waals surface area contributed by atoms with Crippen molar-refractivity contribution in [3.8, 4) is 0 Å². The van der Waals surface area contributed by atoms with Crippen molar-refractivity contribution in [2.45, 2.75) is 19.4 Å². The van der Waals surface area contributed by atoms with Gasteiger partial charge < -0.3 is 19.9 Å². The predicted octanol–water partition coefficient (Wildman–Crippen LogP) is 3.84. The number of morpholine rings is 1. The van der Waals surface area contributed by atoms with Gasteiger partial charge >= 0.3 is 6.03 Å². The van der Waals surface area contributed by atoms with E-state index >= 15 is 0 Å². The maximum atomic E-state index is 12.7. The van der Waals surface area contributed by atoms with Gasteiger partial charge in [-0.2, -0.15) is 0 Å². The summed E-state index contributed by atoms with van der Waals surface area (Å²) in [6, 6.07) is 10.1. The zero-order chi connectivity index (χ0) is 24.0. The number of urea groups is 1. The Kier molecular flexibility index (Phi) is 7.61. The summed E-state index contributed by atoms with van der Waals surface area (Å²) in [7, 11) is 0. The van der Waals surface area contributed by atoms with Crippen LogP contribution in [0, 0.1) is 0 Å². The van der Waals surface area contributed by atoms with Gasteiger partial charge in [0.1, 0.15) is 0 Å². The van der Waals surface area contributed by atoms with Gasteiger partial charge in [-0.3, -0.25) is 9.69 Å². The quantitative estimate of drug-likeness (QED) is 0.471. The van der Waals surface area contributed by atoms with E-state index in [1.807, 2.05) is 28.0 Å². The van der Waals surface area contributed by atoms with Gasteiger partial charge in [0.05, 0.1) is 13.2 Å². The van der Waals surface area contributed by atoms with Crippen LogP contribution in [-0.4, -0.2) is 79.1 Å². The van der Waals surface area contributed by atoms with Gasteiger partial charge in [0.15, 0.2) is 0 Å². The highest BCUT2D eigenvalue weighted by atomic mass is 32.1. The molecule has 0 spiro atoms. The Morgan fingerprint density at radius 3 is 2.80 bits per heavy atom. The van der Waals surface area contributed by atoms with Crippen LogP contribution >= 0.6 is 11.3 Å². The summed E-state index contributed by atoms with van der Waals surface area (Å²) >= 11 is 1.78. The second kappa shape index (κ2) is 11.2. The summed E-state index contributed by atoms with van der Waals surface area (Å²) in [6.07, 6.45) is 7.66. The molecule has 1 saturated heterocycles. The Morgan fingerprint density at radius 2 is 2.03 bits per heavy atom. The number of fused-ring (bicyclic) bond motifs is 1. The monoisotopic (exact) mass is 492 g/mol. The SMILES string of the molecule is O=C(C=Cc1ccc2c(c1)CN(CCN1CCOCC1)C(=O)N2)N1CC=C(Cc2cccs2)CC1. The fraction of sp³-hybridized carbons (Fsp3) is 0.407. The maximum absolute atomic E-state index is 12.7. The molecule has 0 saturated carbocycles. The van der Waals surface area contributed by atoms with Gasteiger partial charge in [0.25, 0.3) is 0 Å². The van der Waals surface area contributed by atoms with E-state index in [2.05, 4.69) is 39.9 Å². The van der Waals surface area contributed by atoms with E-state index in [9.17, 15) is 9.59 Å². The number of carbonyl (C=O) groups is 2. The van der Waals surface area contributed by atoms with E-state index < -0.39 is 0 Å². The minimum Gasteiger partial charge on any atom is -0.379 e.